The van der Waals surface area contributed by atoms with E-state index in [9.17, 15) is 0 Å². The van der Waals surface area contributed by atoms with Gasteiger partial charge in [0.05, 0.1) is 6.54 Å². The Morgan fingerprint density at radius 2 is 2.31 bits per heavy atom. The predicted octanol–water partition coefficient (Wildman–Crippen LogP) is 1.19. The van der Waals surface area contributed by atoms with Crippen molar-refractivity contribution in [2.75, 3.05) is 6.54 Å². The van der Waals surface area contributed by atoms with Gasteiger partial charge < -0.3 is 5.32 Å². The Kier molecular flexibility index (Phi) is 4.46. The molecule has 0 bridgehead atoms. The third-order valence-corrected chi connectivity index (χ3v) is 1.95. The molecule has 0 saturated carbocycles. The van der Waals surface area contributed by atoms with Crippen molar-refractivity contribution in [2.24, 2.45) is 0 Å². The first kappa shape index (κ1) is 10.2. The SMILES string of the molecule is CCCCn1ncnc1CNCC. The molecule has 13 heavy (non-hydrogen) atoms. The summed E-state index contributed by atoms with van der Waals surface area (Å²) in [5.74, 6) is 1.04. The summed E-state index contributed by atoms with van der Waals surface area (Å²) in [4.78, 5) is 4.20. The third kappa shape index (κ3) is 3.14. The van der Waals surface area contributed by atoms with Crippen LogP contribution in [0.25, 0.3) is 0 Å². The van der Waals surface area contributed by atoms with Crippen molar-refractivity contribution in [1.82, 2.24) is 20.1 Å². The molecular weight excluding hydrogens is 164 g/mol. The summed E-state index contributed by atoms with van der Waals surface area (Å²) in [6, 6.07) is 0. The van der Waals surface area contributed by atoms with Crippen LogP contribution in [0.1, 0.15) is 32.5 Å². The summed E-state index contributed by atoms with van der Waals surface area (Å²) in [6.45, 7) is 7.05. The van der Waals surface area contributed by atoms with Crippen molar-refractivity contribution >= 4 is 0 Å². The van der Waals surface area contributed by atoms with Gasteiger partial charge in [-0.15, -0.1) is 0 Å². The van der Waals surface area contributed by atoms with Gasteiger partial charge >= 0.3 is 0 Å². The second-order valence-electron chi connectivity index (χ2n) is 3.03. The highest BCUT2D eigenvalue weighted by atomic mass is 15.3. The van der Waals surface area contributed by atoms with Crippen LogP contribution in [0.5, 0.6) is 0 Å². The lowest BCUT2D eigenvalue weighted by Crippen LogP contribution is -2.17. The number of aryl methyl sites for hydroxylation is 1. The summed E-state index contributed by atoms with van der Waals surface area (Å²) in [7, 11) is 0. The van der Waals surface area contributed by atoms with Crippen LogP contribution in [-0.4, -0.2) is 21.3 Å². The smallest absolute Gasteiger partial charge is 0.140 e. The fraction of sp³-hybridized carbons (Fsp3) is 0.778. The summed E-state index contributed by atoms with van der Waals surface area (Å²) in [5.41, 5.74) is 0. The maximum Gasteiger partial charge on any atom is 0.140 e. The average molecular weight is 182 g/mol. The molecule has 0 amide bonds. The van der Waals surface area contributed by atoms with E-state index in [4.69, 9.17) is 0 Å². The van der Waals surface area contributed by atoms with Crippen LogP contribution in [0.4, 0.5) is 0 Å². The summed E-state index contributed by atoms with van der Waals surface area (Å²) in [5, 5.41) is 7.42. The second-order valence-corrected chi connectivity index (χ2v) is 3.03. The Morgan fingerprint density at radius 1 is 1.46 bits per heavy atom. The van der Waals surface area contributed by atoms with Crippen LogP contribution in [0.15, 0.2) is 6.33 Å². The van der Waals surface area contributed by atoms with Gasteiger partial charge in [-0.2, -0.15) is 5.10 Å². The highest BCUT2D eigenvalue weighted by Gasteiger charge is 2.01. The molecule has 0 fully saturated rings. The van der Waals surface area contributed by atoms with Gasteiger partial charge in [0, 0.05) is 6.54 Å². The van der Waals surface area contributed by atoms with Crippen molar-refractivity contribution in [3.63, 3.8) is 0 Å². The number of aromatic nitrogens is 3. The zero-order chi connectivity index (χ0) is 9.52. The fourth-order valence-corrected chi connectivity index (χ4v) is 1.16. The Morgan fingerprint density at radius 3 is 3.00 bits per heavy atom. The van der Waals surface area contributed by atoms with Crippen molar-refractivity contribution < 1.29 is 0 Å². The first-order chi connectivity index (χ1) is 6.38. The molecule has 0 atom stereocenters. The molecule has 1 aromatic heterocycles. The van der Waals surface area contributed by atoms with E-state index in [0.29, 0.717) is 0 Å². The molecule has 1 aromatic rings. The molecule has 0 aliphatic carbocycles. The van der Waals surface area contributed by atoms with Gasteiger partial charge in [0.25, 0.3) is 0 Å². The van der Waals surface area contributed by atoms with E-state index in [-0.39, 0.29) is 0 Å². The van der Waals surface area contributed by atoms with Gasteiger partial charge in [-0.3, -0.25) is 0 Å². The maximum absolute atomic E-state index is 4.20. The molecule has 74 valence electrons. The minimum atomic E-state index is 0.820. The van der Waals surface area contributed by atoms with Crippen molar-refractivity contribution in [3.8, 4) is 0 Å². The highest BCUT2D eigenvalue weighted by Crippen LogP contribution is 1.97. The summed E-state index contributed by atoms with van der Waals surface area (Å²) in [6.07, 6.45) is 3.99. The molecule has 0 unspecified atom stereocenters. The van der Waals surface area contributed by atoms with Crippen LogP contribution in [0.3, 0.4) is 0 Å². The Balaban J connectivity index is 2.45. The van der Waals surface area contributed by atoms with Crippen LogP contribution in [0.2, 0.25) is 0 Å². The van der Waals surface area contributed by atoms with E-state index in [1.54, 1.807) is 6.33 Å². The summed E-state index contributed by atoms with van der Waals surface area (Å²) < 4.78 is 1.98. The average Bonchev–Trinajstić information content (AvgIpc) is 2.59. The Hall–Kier alpha value is -0.900. The molecule has 1 heterocycles. The van der Waals surface area contributed by atoms with Crippen LogP contribution >= 0.6 is 0 Å². The highest BCUT2D eigenvalue weighted by molar-refractivity contribution is 4.83. The van der Waals surface area contributed by atoms with Gasteiger partial charge in [0.1, 0.15) is 12.2 Å². The molecule has 1 N–H and O–H groups in total. The lowest BCUT2D eigenvalue weighted by molar-refractivity contribution is 0.528. The number of nitrogens with one attached hydrogen (secondary N) is 1. The minimum absolute atomic E-state index is 0.820. The van der Waals surface area contributed by atoms with Crippen molar-refractivity contribution in [3.05, 3.63) is 12.2 Å². The maximum atomic E-state index is 4.20. The van der Waals surface area contributed by atoms with Gasteiger partial charge in [0.15, 0.2) is 0 Å². The molecule has 0 aliphatic rings. The first-order valence-corrected chi connectivity index (χ1v) is 4.95. The normalized spacial score (nSPS) is 10.6. The standard InChI is InChI=1S/C9H18N4/c1-3-5-6-13-9(7-10-4-2)11-8-12-13/h8,10H,3-7H2,1-2H3. The molecular formula is C9H18N4. The minimum Gasteiger partial charge on any atom is -0.310 e. The van der Waals surface area contributed by atoms with E-state index in [0.717, 1.165) is 25.5 Å². The van der Waals surface area contributed by atoms with Gasteiger partial charge in [-0.1, -0.05) is 20.3 Å². The monoisotopic (exact) mass is 182 g/mol. The van der Waals surface area contributed by atoms with E-state index in [2.05, 4.69) is 29.2 Å². The zero-order valence-corrected chi connectivity index (χ0v) is 8.45. The zero-order valence-electron chi connectivity index (χ0n) is 8.45. The molecule has 0 saturated heterocycles. The lowest BCUT2D eigenvalue weighted by Gasteiger charge is -2.04. The van der Waals surface area contributed by atoms with Gasteiger partial charge in [-0.05, 0) is 13.0 Å². The quantitative estimate of drug-likeness (QED) is 0.718. The molecule has 0 aliphatic heterocycles. The van der Waals surface area contributed by atoms with Crippen LogP contribution in [-0.2, 0) is 13.1 Å². The third-order valence-electron chi connectivity index (χ3n) is 1.95. The second kappa shape index (κ2) is 5.70. The molecule has 0 radical (unpaired) electrons. The number of hydrogen-bond donors (Lipinski definition) is 1. The Bertz CT molecular complexity index is 209. The van der Waals surface area contributed by atoms with Crippen molar-refractivity contribution in [2.45, 2.75) is 39.8 Å². The number of unbranched alkanes of at least 4 members (excludes halogenated alkanes) is 1. The van der Waals surface area contributed by atoms with Gasteiger partial charge in [0.2, 0.25) is 0 Å². The Labute approximate surface area is 79.4 Å². The largest absolute Gasteiger partial charge is 0.310 e. The van der Waals surface area contributed by atoms with Gasteiger partial charge in [-0.25, -0.2) is 9.67 Å². The predicted molar refractivity (Wildman–Crippen MR) is 52.3 cm³/mol. The van der Waals surface area contributed by atoms with E-state index < -0.39 is 0 Å². The number of nitrogens with zero attached hydrogens (tertiary/aromatic N) is 3. The molecule has 1 rings (SSSR count). The molecule has 0 aromatic carbocycles. The van der Waals surface area contributed by atoms with Crippen molar-refractivity contribution in [1.29, 1.82) is 0 Å². The number of hydrogen-bond acceptors (Lipinski definition) is 3. The van der Waals surface area contributed by atoms with Crippen LogP contribution in [0, 0.1) is 0 Å². The molecule has 4 nitrogen and oxygen atoms in total. The van der Waals surface area contributed by atoms with E-state index in [1.807, 2.05) is 4.68 Å². The molecule has 4 heteroatoms. The first-order valence-electron chi connectivity index (χ1n) is 4.95. The lowest BCUT2D eigenvalue weighted by atomic mass is 10.3. The van der Waals surface area contributed by atoms with Crippen LogP contribution < -0.4 is 5.32 Å². The van der Waals surface area contributed by atoms with E-state index >= 15 is 0 Å². The number of rotatable bonds is 6. The van der Waals surface area contributed by atoms with E-state index in [1.165, 1.54) is 12.8 Å². The topological polar surface area (TPSA) is 42.7 Å². The molecule has 0 spiro atoms. The fourth-order valence-electron chi connectivity index (χ4n) is 1.16. The summed E-state index contributed by atoms with van der Waals surface area (Å²) >= 11 is 0.